The Morgan fingerprint density at radius 1 is 0.741 bits per heavy atom. The van der Waals surface area contributed by atoms with Crippen molar-refractivity contribution < 1.29 is 132 Å². The third-order valence-corrected chi connectivity index (χ3v) is 21.4. The van der Waals surface area contributed by atoms with Gasteiger partial charge in [0.05, 0.1) is 43.4 Å². The number of carbonyl (C=O) groups is 2. The van der Waals surface area contributed by atoms with E-state index in [0.29, 0.717) is 44.9 Å². The molecule has 3 saturated carbocycles. The third kappa shape index (κ3) is 12.4. The fourth-order valence-corrected chi connectivity index (χ4v) is 17.3. The van der Waals surface area contributed by atoms with E-state index >= 15 is 0 Å². The largest absolute Gasteiger partial charge is 0.462 e. The number of allylic oxidation sites excluding steroid dienone is 3. The summed E-state index contributed by atoms with van der Waals surface area (Å²) < 4.78 is 141. The molecule has 1 spiro atoms. The molecule has 9 N–H and O–H groups in total. The van der Waals surface area contributed by atoms with Gasteiger partial charge in [0.15, 0.2) is 25.2 Å². The molecule has 85 heavy (non-hydrogen) atoms. The summed E-state index contributed by atoms with van der Waals surface area (Å²) in [6.45, 7) is 17.1. The van der Waals surface area contributed by atoms with Crippen LogP contribution in [0.1, 0.15) is 113 Å². The van der Waals surface area contributed by atoms with Gasteiger partial charge in [-0.15, -0.1) is 6.58 Å². The molecule has 0 radical (unpaired) electrons. The van der Waals surface area contributed by atoms with Gasteiger partial charge < -0.3 is 87.9 Å². The van der Waals surface area contributed by atoms with Crippen LogP contribution in [-0.4, -0.2) is 229 Å². The normalized spacial score (nSPS) is 48.0. The summed E-state index contributed by atoms with van der Waals surface area (Å²) in [6, 6.07) is 0. The van der Waals surface area contributed by atoms with Crippen LogP contribution in [0.25, 0.3) is 0 Å². The Morgan fingerprint density at radius 3 is 2.04 bits per heavy atom. The predicted molar refractivity (Wildman–Crippen MR) is 286 cm³/mol. The first-order chi connectivity index (χ1) is 39.5. The molecule has 28 nitrogen and oxygen atoms in total. The van der Waals surface area contributed by atoms with E-state index in [9.17, 15) is 71.3 Å². The van der Waals surface area contributed by atoms with Crippen molar-refractivity contribution in [3.05, 3.63) is 23.8 Å². The van der Waals surface area contributed by atoms with Crippen LogP contribution in [0, 0.1) is 39.4 Å². The van der Waals surface area contributed by atoms with E-state index in [1.807, 2.05) is 13.8 Å². The fraction of sp³-hybridized carbons (Fsp3) is 0.891. The number of esters is 2. The average molecular weight is 1260 g/mol. The number of aliphatic hydroxyl groups is 7. The van der Waals surface area contributed by atoms with Crippen molar-refractivity contribution in [2.24, 2.45) is 39.4 Å². The van der Waals surface area contributed by atoms with Crippen molar-refractivity contribution >= 4 is 32.7 Å². The number of aliphatic hydroxyl groups excluding tert-OH is 7. The molecule has 0 aromatic rings. The molecule has 486 valence electrons. The van der Waals surface area contributed by atoms with Gasteiger partial charge in [0.1, 0.15) is 91.1 Å². The third-order valence-electron chi connectivity index (χ3n) is 20.4. The highest BCUT2D eigenvalue weighted by atomic mass is 32.3. The summed E-state index contributed by atoms with van der Waals surface area (Å²) in [4.78, 5) is 27.5. The zero-order valence-corrected chi connectivity index (χ0v) is 50.8. The van der Waals surface area contributed by atoms with Crippen molar-refractivity contribution in [2.45, 2.75) is 242 Å². The topological polar surface area (TPSA) is 404 Å². The van der Waals surface area contributed by atoms with Crippen LogP contribution in [-0.2, 0) is 90.9 Å². The molecule has 5 aliphatic heterocycles. The van der Waals surface area contributed by atoms with Gasteiger partial charge in [-0.3, -0.25) is 18.7 Å². The molecule has 0 amide bonds. The van der Waals surface area contributed by atoms with Gasteiger partial charge >= 0.3 is 32.7 Å². The van der Waals surface area contributed by atoms with Crippen LogP contribution in [0.5, 0.6) is 0 Å². The van der Waals surface area contributed by atoms with Crippen LogP contribution in [0.3, 0.4) is 0 Å². The second-order valence-electron chi connectivity index (χ2n) is 26.1. The molecule has 0 aromatic carbocycles. The number of rotatable bonds is 19. The molecule has 0 unspecified atom stereocenters. The van der Waals surface area contributed by atoms with E-state index < -0.39 is 191 Å². The summed E-state index contributed by atoms with van der Waals surface area (Å²) in [6.07, 6.45) is -25.4. The first-order valence-corrected chi connectivity index (χ1v) is 31.7. The monoisotopic (exact) mass is 1260 g/mol. The summed E-state index contributed by atoms with van der Waals surface area (Å²) >= 11 is 0. The smallest absolute Gasteiger partial charge is 0.397 e. The van der Waals surface area contributed by atoms with Crippen LogP contribution < -0.4 is 0 Å². The van der Waals surface area contributed by atoms with Crippen molar-refractivity contribution in [2.75, 3.05) is 26.9 Å². The zero-order valence-electron chi connectivity index (χ0n) is 49.1. The maximum absolute atomic E-state index is 14.7. The zero-order chi connectivity index (χ0) is 62.5. The lowest BCUT2D eigenvalue weighted by Crippen LogP contribution is -2.66. The highest BCUT2D eigenvalue weighted by molar-refractivity contribution is 7.81. The molecule has 5 saturated heterocycles. The first-order valence-electron chi connectivity index (χ1n) is 29.0. The Kier molecular flexibility index (Phi) is 19.4. The first kappa shape index (κ1) is 66.9. The lowest BCUT2D eigenvalue weighted by atomic mass is 9.41. The summed E-state index contributed by atoms with van der Waals surface area (Å²) in [5.74, 6) is -1.10. The second-order valence-corrected chi connectivity index (χ2v) is 28.3. The van der Waals surface area contributed by atoms with Gasteiger partial charge in [-0.25, -0.2) is 8.37 Å². The molecular weight excluding hydrogens is 1170 g/mol. The molecule has 0 aromatic heterocycles. The molecule has 9 rings (SSSR count). The lowest BCUT2D eigenvalue weighted by molar-refractivity contribution is -0.386. The van der Waals surface area contributed by atoms with E-state index in [1.165, 1.54) is 21.0 Å². The Hall–Kier alpha value is -2.48. The van der Waals surface area contributed by atoms with Crippen molar-refractivity contribution in [3.8, 4) is 0 Å². The van der Waals surface area contributed by atoms with Gasteiger partial charge in [-0.1, -0.05) is 44.9 Å². The van der Waals surface area contributed by atoms with Gasteiger partial charge in [0.2, 0.25) is 0 Å². The summed E-state index contributed by atoms with van der Waals surface area (Å²) in [7, 11) is -9.17. The molecule has 0 bridgehead atoms. The minimum atomic E-state index is -5.21. The van der Waals surface area contributed by atoms with E-state index in [0.717, 1.165) is 24.0 Å². The minimum Gasteiger partial charge on any atom is -0.462 e. The van der Waals surface area contributed by atoms with E-state index in [-0.39, 0.29) is 29.1 Å². The molecule has 8 fully saturated rings. The SMILES string of the molecule is C=C(C)CCC[C@]1(C)OC(=O)[C@]23CC[C@@H]4C(=CC[C@H]5C(C)(C)[C@@H](O[C@@H]6OC[C@@H](OS(=O)(=O)O)[C@H](O)[C@H]6O[C@@H]6O[C@H](C)[C@@H](O[C@@H]7O[C@H](COS(=O)(=O)O)[C@@H](O)[C@H](O[C@@H]8OC[C@@H](O)[C@H](OC)[C@H]8O)[C@H]7O)[C@H](O)[C@H]6O)CC[C@]45C)[C@]2(C)C[C@H](OC(C)=O)[C@@H]31. The maximum Gasteiger partial charge on any atom is 0.397 e. The molecule has 5 heterocycles. The number of cyclic esters (lactones) is 1. The predicted octanol–water partition coefficient (Wildman–Crippen LogP) is 0.447. The Balaban J connectivity index is 0.925. The van der Waals surface area contributed by atoms with Gasteiger partial charge in [0.25, 0.3) is 0 Å². The molecule has 4 aliphatic carbocycles. The molecule has 9 aliphatic rings. The Morgan fingerprint density at radius 2 is 1.39 bits per heavy atom. The highest BCUT2D eigenvalue weighted by Crippen LogP contribution is 2.77. The standard InChI is InChI=1S/C55H86O28S2/c1-24(2)12-11-17-54(9)45-30(76-26(4)56)20-53(8)28-13-14-33-51(5,6)34(16-18-52(33,7)27(28)15-19-55(45,53)50(64)82-54)78-49-44(36(59)32(22-73-49)83-85(68,69)70)81-47-38(61)37(60)41(25(3)75-47)79-48-40(63)43(35(58)31(77-48)23-74-84(65,66)67)80-46-39(62)42(71-10)29(57)21-72-46/h13,25,27,29-49,57-63H,1,11-12,14-23H2,2-10H3,(H,65,66,67)(H,68,69,70)/t25-,27-,29-,30+,31-,32-,33+,34+,35-,36+,37-,38-,39-,40-,41-,42+,43+,44-,45-,46+,47+,48+,49+,52-,53+,54+,55-/m1/s1. The van der Waals surface area contributed by atoms with Gasteiger partial charge in [0, 0.05) is 19.4 Å². The number of hydrogen-bond donors (Lipinski definition) is 9. The van der Waals surface area contributed by atoms with Crippen LogP contribution >= 0.6 is 0 Å². The molecule has 30 heteroatoms. The van der Waals surface area contributed by atoms with E-state index in [1.54, 1.807) is 0 Å². The Labute approximate surface area is 494 Å². The summed E-state index contributed by atoms with van der Waals surface area (Å²) in [5.41, 5.74) is -1.35. The number of ether oxygens (including phenoxy) is 11. The second kappa shape index (κ2) is 24.6. The van der Waals surface area contributed by atoms with Crippen LogP contribution in [0.15, 0.2) is 23.8 Å². The van der Waals surface area contributed by atoms with Crippen molar-refractivity contribution in [1.29, 1.82) is 0 Å². The van der Waals surface area contributed by atoms with Crippen molar-refractivity contribution in [1.82, 2.24) is 0 Å². The van der Waals surface area contributed by atoms with Gasteiger partial charge in [-0.2, -0.15) is 16.8 Å². The number of methoxy groups -OCH3 is 1. The maximum atomic E-state index is 14.7. The van der Waals surface area contributed by atoms with Crippen LogP contribution in [0.4, 0.5) is 0 Å². The van der Waals surface area contributed by atoms with E-state index in [2.05, 4.69) is 44.5 Å². The van der Waals surface area contributed by atoms with Crippen molar-refractivity contribution in [3.63, 3.8) is 0 Å². The minimum absolute atomic E-state index is 0.00952. The van der Waals surface area contributed by atoms with E-state index in [4.69, 9.17) is 56.3 Å². The quantitative estimate of drug-likeness (QED) is 0.0481. The summed E-state index contributed by atoms with van der Waals surface area (Å²) in [5, 5.41) is 79.2. The molecule has 27 atom stereocenters. The number of fused-ring (bicyclic) bond motifs is 4. The number of hydrogen-bond acceptors (Lipinski definition) is 26. The average Bonchev–Trinajstić information content (AvgIpc) is 1.54. The lowest BCUT2D eigenvalue weighted by Gasteiger charge is -2.64. The fourth-order valence-electron chi connectivity index (χ4n) is 16.5. The number of carbonyl (C=O) groups excluding carboxylic acids is 2. The Bertz CT molecular complexity index is 2710. The van der Waals surface area contributed by atoms with Gasteiger partial charge in [-0.05, 0) is 101 Å². The highest BCUT2D eigenvalue weighted by Gasteiger charge is 2.79. The molecular formula is C55H86O28S2. The van der Waals surface area contributed by atoms with Crippen LogP contribution in [0.2, 0.25) is 0 Å².